The van der Waals surface area contributed by atoms with Crippen LogP contribution in [0.4, 0.5) is 11.5 Å². The van der Waals surface area contributed by atoms with Gasteiger partial charge in [-0.25, -0.2) is 0 Å². The topological polar surface area (TPSA) is 99.3 Å². The van der Waals surface area contributed by atoms with Gasteiger partial charge in [-0.1, -0.05) is 13.0 Å². The van der Waals surface area contributed by atoms with E-state index in [1.165, 1.54) is 10.7 Å². The Kier molecular flexibility index (Phi) is 4.95. The highest BCUT2D eigenvalue weighted by Crippen LogP contribution is 2.18. The van der Waals surface area contributed by atoms with E-state index in [9.17, 15) is 14.9 Å². The molecule has 1 heterocycles. The predicted molar refractivity (Wildman–Crippen MR) is 84.4 cm³/mol. The van der Waals surface area contributed by atoms with Gasteiger partial charge in [-0.2, -0.15) is 4.68 Å². The lowest BCUT2D eigenvalue weighted by Crippen LogP contribution is -2.25. The number of nitrogens with one attached hydrogen (secondary N) is 1. The summed E-state index contributed by atoms with van der Waals surface area (Å²) in [5, 5.41) is 17.4. The first-order chi connectivity index (χ1) is 10.9. The maximum absolute atomic E-state index is 12.2. The molecule has 2 aromatic rings. The molecule has 8 nitrogen and oxygen atoms in total. The van der Waals surface area contributed by atoms with E-state index in [4.69, 9.17) is 4.74 Å². The Morgan fingerprint density at radius 2 is 2.22 bits per heavy atom. The van der Waals surface area contributed by atoms with Crippen molar-refractivity contribution in [2.45, 2.75) is 20.4 Å². The van der Waals surface area contributed by atoms with Crippen LogP contribution in [0.2, 0.25) is 0 Å². The molecule has 1 amide bonds. The van der Waals surface area contributed by atoms with Gasteiger partial charge in [0.25, 0.3) is 0 Å². The van der Waals surface area contributed by atoms with E-state index in [0.29, 0.717) is 17.1 Å². The van der Waals surface area contributed by atoms with E-state index in [-0.39, 0.29) is 18.3 Å². The molecule has 23 heavy (non-hydrogen) atoms. The summed E-state index contributed by atoms with van der Waals surface area (Å²) in [4.78, 5) is 22.4. The standard InChI is InChI=1S/C15H18N4O4/c1-10(9-18-11(2)7-14(17-18)19(21)22)15(20)16-12-5-4-6-13(8-12)23-3/h4-8,10H,9H2,1-3H3,(H,16,20)/t10-/m1/s1. The fraction of sp³-hybridized carbons (Fsp3) is 0.333. The van der Waals surface area contributed by atoms with E-state index in [2.05, 4.69) is 10.4 Å². The van der Waals surface area contributed by atoms with Gasteiger partial charge >= 0.3 is 5.82 Å². The highest BCUT2D eigenvalue weighted by molar-refractivity contribution is 5.92. The lowest BCUT2D eigenvalue weighted by atomic mass is 10.1. The van der Waals surface area contributed by atoms with Gasteiger partial charge in [0.05, 0.1) is 36.4 Å². The highest BCUT2D eigenvalue weighted by Gasteiger charge is 2.20. The van der Waals surface area contributed by atoms with Crippen LogP contribution >= 0.6 is 0 Å². The largest absolute Gasteiger partial charge is 0.497 e. The molecule has 0 aliphatic rings. The van der Waals surface area contributed by atoms with E-state index in [0.717, 1.165) is 0 Å². The molecule has 1 atom stereocenters. The summed E-state index contributed by atoms with van der Waals surface area (Å²) in [5.41, 5.74) is 1.27. The minimum Gasteiger partial charge on any atom is -0.497 e. The Bertz CT molecular complexity index is 726. The van der Waals surface area contributed by atoms with Gasteiger partial charge in [0.1, 0.15) is 5.75 Å². The Balaban J connectivity index is 2.03. The number of aromatic nitrogens is 2. The number of nitro groups is 1. The fourth-order valence-corrected chi connectivity index (χ4v) is 2.08. The van der Waals surface area contributed by atoms with Crippen LogP contribution in [0.5, 0.6) is 5.75 Å². The summed E-state index contributed by atoms with van der Waals surface area (Å²) in [6.07, 6.45) is 0. The van der Waals surface area contributed by atoms with E-state index >= 15 is 0 Å². The second-order valence-corrected chi connectivity index (χ2v) is 5.21. The fourth-order valence-electron chi connectivity index (χ4n) is 2.08. The van der Waals surface area contributed by atoms with Crippen LogP contribution in [0.15, 0.2) is 30.3 Å². The van der Waals surface area contributed by atoms with Crippen molar-refractivity contribution in [3.8, 4) is 5.75 Å². The molecule has 0 saturated carbocycles. The number of carbonyl (C=O) groups is 1. The minimum absolute atomic E-state index is 0.198. The summed E-state index contributed by atoms with van der Waals surface area (Å²) < 4.78 is 6.57. The number of rotatable bonds is 6. The third-order valence-electron chi connectivity index (χ3n) is 3.39. The van der Waals surface area contributed by atoms with Crippen molar-refractivity contribution in [3.05, 3.63) is 46.1 Å². The second kappa shape index (κ2) is 6.91. The molecular formula is C15H18N4O4. The number of methoxy groups -OCH3 is 1. The lowest BCUT2D eigenvalue weighted by molar-refractivity contribution is -0.389. The van der Waals surface area contributed by atoms with Crippen molar-refractivity contribution in [1.82, 2.24) is 9.78 Å². The number of anilines is 1. The van der Waals surface area contributed by atoms with Crippen LogP contribution in [-0.2, 0) is 11.3 Å². The molecule has 1 aromatic carbocycles. The molecule has 0 aliphatic heterocycles. The maximum atomic E-state index is 12.2. The molecule has 122 valence electrons. The van der Waals surface area contributed by atoms with Gasteiger partial charge in [0, 0.05) is 11.8 Å². The van der Waals surface area contributed by atoms with Gasteiger partial charge in [-0.3, -0.25) is 4.79 Å². The number of hydrogen-bond acceptors (Lipinski definition) is 5. The number of amides is 1. The van der Waals surface area contributed by atoms with Crippen LogP contribution in [0.25, 0.3) is 0 Å². The zero-order valence-corrected chi connectivity index (χ0v) is 13.1. The Morgan fingerprint density at radius 3 is 2.83 bits per heavy atom. The normalized spacial score (nSPS) is 11.8. The number of nitrogens with zero attached hydrogens (tertiary/aromatic N) is 3. The first-order valence-corrected chi connectivity index (χ1v) is 7.04. The van der Waals surface area contributed by atoms with Crippen LogP contribution in [-0.4, -0.2) is 27.7 Å². The third kappa shape index (κ3) is 4.06. The number of ether oxygens (including phenoxy) is 1. The zero-order chi connectivity index (χ0) is 17.0. The monoisotopic (exact) mass is 318 g/mol. The quantitative estimate of drug-likeness (QED) is 0.651. The molecule has 0 unspecified atom stereocenters. The van der Waals surface area contributed by atoms with Crippen molar-refractivity contribution >= 4 is 17.4 Å². The third-order valence-corrected chi connectivity index (χ3v) is 3.39. The molecule has 2 rings (SSSR count). The molecule has 0 aliphatic carbocycles. The molecule has 0 bridgehead atoms. The van der Waals surface area contributed by atoms with Gasteiger partial charge in [-0.05, 0) is 24.0 Å². The maximum Gasteiger partial charge on any atom is 0.390 e. The van der Waals surface area contributed by atoms with Crippen LogP contribution in [0.1, 0.15) is 12.6 Å². The van der Waals surface area contributed by atoms with Gasteiger partial charge in [0.2, 0.25) is 5.91 Å². The summed E-state index contributed by atoms with van der Waals surface area (Å²) in [6, 6.07) is 8.42. The van der Waals surface area contributed by atoms with Crippen molar-refractivity contribution in [3.63, 3.8) is 0 Å². The number of hydrogen-bond donors (Lipinski definition) is 1. The molecule has 0 radical (unpaired) electrons. The average Bonchev–Trinajstić information content (AvgIpc) is 2.88. The zero-order valence-electron chi connectivity index (χ0n) is 13.1. The summed E-state index contributed by atoms with van der Waals surface area (Å²) in [6.45, 7) is 3.71. The lowest BCUT2D eigenvalue weighted by Gasteiger charge is -2.12. The van der Waals surface area contributed by atoms with E-state index < -0.39 is 10.8 Å². The average molecular weight is 318 g/mol. The number of carbonyl (C=O) groups excluding carboxylic acids is 1. The van der Waals surface area contributed by atoms with Crippen molar-refractivity contribution in [1.29, 1.82) is 0 Å². The first-order valence-electron chi connectivity index (χ1n) is 7.04. The van der Waals surface area contributed by atoms with Gasteiger partial charge in [0.15, 0.2) is 0 Å². The number of benzene rings is 1. The molecule has 0 spiro atoms. The minimum atomic E-state index is -0.551. The summed E-state index contributed by atoms with van der Waals surface area (Å²) >= 11 is 0. The van der Waals surface area contributed by atoms with Gasteiger partial charge < -0.3 is 20.2 Å². The number of aryl methyl sites for hydroxylation is 1. The Morgan fingerprint density at radius 1 is 1.48 bits per heavy atom. The van der Waals surface area contributed by atoms with Crippen LogP contribution in [0, 0.1) is 23.0 Å². The van der Waals surface area contributed by atoms with Crippen molar-refractivity contribution in [2.24, 2.45) is 5.92 Å². The Hall–Kier alpha value is -2.90. The first kappa shape index (κ1) is 16.5. The Labute approximate surface area is 133 Å². The molecule has 0 fully saturated rings. The highest BCUT2D eigenvalue weighted by atomic mass is 16.6. The summed E-state index contributed by atoms with van der Waals surface area (Å²) in [7, 11) is 1.55. The van der Waals surface area contributed by atoms with E-state index in [1.54, 1.807) is 45.2 Å². The smallest absolute Gasteiger partial charge is 0.390 e. The molecular weight excluding hydrogens is 300 g/mol. The van der Waals surface area contributed by atoms with Gasteiger partial charge in [-0.15, -0.1) is 0 Å². The molecule has 1 aromatic heterocycles. The van der Waals surface area contributed by atoms with Crippen molar-refractivity contribution < 1.29 is 14.5 Å². The SMILES string of the molecule is COc1cccc(NC(=O)[C@H](C)Cn2nc([N+](=O)[O-])cc2C)c1. The van der Waals surface area contributed by atoms with Crippen LogP contribution < -0.4 is 10.1 Å². The second-order valence-electron chi connectivity index (χ2n) is 5.21. The van der Waals surface area contributed by atoms with E-state index in [1.807, 2.05) is 0 Å². The van der Waals surface area contributed by atoms with Crippen molar-refractivity contribution in [2.75, 3.05) is 12.4 Å². The molecule has 8 heteroatoms. The molecule has 1 N–H and O–H groups in total. The predicted octanol–water partition coefficient (Wildman–Crippen LogP) is 2.38. The van der Waals surface area contributed by atoms with Crippen LogP contribution in [0.3, 0.4) is 0 Å². The summed E-state index contributed by atoms with van der Waals surface area (Å²) in [5.74, 6) is -0.174. The molecule has 0 saturated heterocycles.